The van der Waals surface area contributed by atoms with E-state index in [9.17, 15) is 9.59 Å². The molecule has 1 saturated heterocycles. The molecule has 1 fully saturated rings. The molecule has 0 atom stereocenters. The molecule has 3 rings (SSSR count). The number of nitrogens with zero attached hydrogens (tertiary/aromatic N) is 1. The van der Waals surface area contributed by atoms with E-state index < -0.39 is 0 Å². The molecule has 0 radical (unpaired) electrons. The third kappa shape index (κ3) is 6.64. The second-order valence-corrected chi connectivity index (χ2v) is 8.84. The second-order valence-electron chi connectivity index (χ2n) is 7.96. The molecule has 0 bridgehead atoms. The van der Waals surface area contributed by atoms with Crippen LogP contribution in [0.2, 0.25) is 0 Å². The SMILES string of the molecule is COCCNC(=O)c1cc(NC(=O)Nc2ccc(SC)cc2)ccc1N1CCC(C)CC1. The molecule has 0 aliphatic carbocycles. The largest absolute Gasteiger partial charge is 0.383 e. The Bertz CT molecular complexity index is 912. The molecule has 2 aromatic rings. The van der Waals surface area contributed by atoms with Gasteiger partial charge in [0.25, 0.3) is 5.91 Å². The van der Waals surface area contributed by atoms with Gasteiger partial charge in [0.2, 0.25) is 0 Å². The quantitative estimate of drug-likeness (QED) is 0.397. The van der Waals surface area contributed by atoms with Gasteiger partial charge in [0.1, 0.15) is 0 Å². The minimum atomic E-state index is -0.354. The van der Waals surface area contributed by atoms with Gasteiger partial charge < -0.3 is 25.6 Å². The van der Waals surface area contributed by atoms with Crippen molar-refractivity contribution in [3.63, 3.8) is 0 Å². The van der Waals surface area contributed by atoms with Gasteiger partial charge >= 0.3 is 6.03 Å². The minimum absolute atomic E-state index is 0.174. The summed E-state index contributed by atoms with van der Waals surface area (Å²) in [6.45, 7) is 4.96. The Balaban J connectivity index is 1.74. The van der Waals surface area contributed by atoms with Crippen LogP contribution >= 0.6 is 11.8 Å². The van der Waals surface area contributed by atoms with E-state index in [-0.39, 0.29) is 11.9 Å². The van der Waals surface area contributed by atoms with Crippen molar-refractivity contribution in [2.24, 2.45) is 5.92 Å². The Morgan fingerprint density at radius 3 is 2.38 bits per heavy atom. The summed E-state index contributed by atoms with van der Waals surface area (Å²) in [5.74, 6) is 0.521. The van der Waals surface area contributed by atoms with Gasteiger partial charge in [-0.3, -0.25) is 4.79 Å². The molecule has 3 amide bonds. The number of urea groups is 1. The van der Waals surface area contributed by atoms with E-state index in [0.717, 1.165) is 36.5 Å². The number of carbonyl (C=O) groups excluding carboxylic acids is 2. The van der Waals surface area contributed by atoms with Crippen molar-refractivity contribution >= 4 is 40.8 Å². The van der Waals surface area contributed by atoms with Crippen molar-refractivity contribution < 1.29 is 14.3 Å². The van der Waals surface area contributed by atoms with Crippen LogP contribution in [0.1, 0.15) is 30.1 Å². The first-order valence-corrected chi connectivity index (χ1v) is 12.1. The number of hydrogen-bond donors (Lipinski definition) is 3. The van der Waals surface area contributed by atoms with Crippen LogP contribution in [-0.2, 0) is 4.74 Å². The van der Waals surface area contributed by atoms with Crippen molar-refractivity contribution in [2.75, 3.05) is 55.1 Å². The van der Waals surface area contributed by atoms with E-state index in [1.54, 1.807) is 24.9 Å². The third-order valence-electron chi connectivity index (χ3n) is 5.56. The summed E-state index contributed by atoms with van der Waals surface area (Å²) in [7, 11) is 1.60. The number of methoxy groups -OCH3 is 1. The van der Waals surface area contributed by atoms with Crippen molar-refractivity contribution in [2.45, 2.75) is 24.7 Å². The van der Waals surface area contributed by atoms with Gasteiger partial charge in [0.05, 0.1) is 12.2 Å². The smallest absolute Gasteiger partial charge is 0.323 e. The minimum Gasteiger partial charge on any atom is -0.383 e. The molecule has 0 saturated carbocycles. The molecule has 3 N–H and O–H groups in total. The lowest BCUT2D eigenvalue weighted by Crippen LogP contribution is -2.35. The van der Waals surface area contributed by atoms with Crippen LogP contribution in [0.3, 0.4) is 0 Å². The number of anilines is 3. The second kappa shape index (κ2) is 11.8. The average molecular weight is 457 g/mol. The van der Waals surface area contributed by atoms with Gasteiger partial charge in [-0.25, -0.2) is 4.79 Å². The molecule has 1 aliphatic rings. The standard InChI is InChI=1S/C24H32N4O3S/c1-17-10-13-28(14-11-17)22-9-6-19(16-21(22)23(29)25-12-15-31-2)27-24(30)26-18-4-7-20(32-3)8-5-18/h4-9,16-17H,10-15H2,1-3H3,(H,25,29)(H2,26,27,30). The molecule has 8 heteroatoms. The first kappa shape index (κ1) is 23.9. The van der Waals surface area contributed by atoms with Crippen molar-refractivity contribution in [3.05, 3.63) is 48.0 Å². The Morgan fingerprint density at radius 1 is 1.06 bits per heavy atom. The lowest BCUT2D eigenvalue weighted by molar-refractivity contribution is 0.0937. The van der Waals surface area contributed by atoms with Crippen LogP contribution in [0, 0.1) is 5.92 Å². The zero-order chi connectivity index (χ0) is 22.9. The van der Waals surface area contributed by atoms with Gasteiger partial charge in [-0.15, -0.1) is 11.8 Å². The Hall–Kier alpha value is -2.71. The normalized spacial score (nSPS) is 14.2. The Kier molecular flexibility index (Phi) is 8.81. The van der Waals surface area contributed by atoms with Crippen LogP contribution < -0.4 is 20.9 Å². The Morgan fingerprint density at radius 2 is 1.72 bits per heavy atom. The fourth-order valence-corrected chi connectivity index (χ4v) is 4.06. The lowest BCUT2D eigenvalue weighted by Gasteiger charge is -2.33. The van der Waals surface area contributed by atoms with Crippen LogP contribution in [0.25, 0.3) is 0 Å². The molecule has 32 heavy (non-hydrogen) atoms. The molecule has 1 aliphatic heterocycles. The average Bonchev–Trinajstić information content (AvgIpc) is 2.80. The van der Waals surface area contributed by atoms with Crippen molar-refractivity contribution in [1.82, 2.24) is 5.32 Å². The van der Waals surface area contributed by atoms with Gasteiger partial charge in [-0.1, -0.05) is 6.92 Å². The monoisotopic (exact) mass is 456 g/mol. The van der Waals surface area contributed by atoms with Crippen molar-refractivity contribution in [3.8, 4) is 0 Å². The fraction of sp³-hybridized carbons (Fsp3) is 0.417. The first-order valence-electron chi connectivity index (χ1n) is 10.9. The molecule has 0 spiro atoms. The lowest BCUT2D eigenvalue weighted by atomic mass is 9.98. The molecular weight excluding hydrogens is 424 g/mol. The molecule has 7 nitrogen and oxygen atoms in total. The van der Waals surface area contributed by atoms with Gasteiger partial charge in [-0.2, -0.15) is 0 Å². The summed E-state index contributed by atoms with van der Waals surface area (Å²) in [5, 5.41) is 8.57. The van der Waals surface area contributed by atoms with Crippen LogP contribution in [0.4, 0.5) is 21.9 Å². The summed E-state index contributed by atoms with van der Waals surface area (Å²) in [6.07, 6.45) is 4.21. The maximum absolute atomic E-state index is 12.9. The summed E-state index contributed by atoms with van der Waals surface area (Å²) >= 11 is 1.65. The highest BCUT2D eigenvalue weighted by atomic mass is 32.2. The van der Waals surface area contributed by atoms with Crippen LogP contribution in [0.15, 0.2) is 47.4 Å². The fourth-order valence-electron chi connectivity index (χ4n) is 3.65. The van der Waals surface area contributed by atoms with E-state index in [1.807, 2.05) is 42.7 Å². The van der Waals surface area contributed by atoms with E-state index in [1.165, 1.54) is 0 Å². The number of hydrogen-bond acceptors (Lipinski definition) is 5. The topological polar surface area (TPSA) is 82.7 Å². The molecule has 0 unspecified atom stereocenters. The number of ether oxygens (including phenoxy) is 1. The Labute approximate surface area is 194 Å². The highest BCUT2D eigenvalue weighted by Crippen LogP contribution is 2.29. The molecule has 0 aromatic heterocycles. The number of thioether (sulfide) groups is 1. The maximum atomic E-state index is 12.9. The van der Waals surface area contributed by atoms with Gasteiger partial charge in [-0.05, 0) is 67.5 Å². The summed E-state index contributed by atoms with van der Waals surface area (Å²) in [4.78, 5) is 28.8. The maximum Gasteiger partial charge on any atom is 0.323 e. The van der Waals surface area contributed by atoms with E-state index in [4.69, 9.17) is 4.74 Å². The summed E-state index contributed by atoms with van der Waals surface area (Å²) < 4.78 is 5.04. The van der Waals surface area contributed by atoms with Crippen molar-refractivity contribution in [1.29, 1.82) is 0 Å². The van der Waals surface area contributed by atoms with E-state index in [2.05, 4.69) is 27.8 Å². The zero-order valence-electron chi connectivity index (χ0n) is 18.9. The van der Waals surface area contributed by atoms with E-state index in [0.29, 0.717) is 36.0 Å². The number of benzene rings is 2. The number of nitrogens with one attached hydrogen (secondary N) is 3. The predicted octanol–water partition coefficient (Wildman–Crippen LogP) is 4.67. The molecule has 2 aromatic carbocycles. The molecule has 172 valence electrons. The number of carbonyl (C=O) groups is 2. The summed E-state index contributed by atoms with van der Waals surface area (Å²) in [5.41, 5.74) is 2.72. The van der Waals surface area contributed by atoms with E-state index >= 15 is 0 Å². The number of amides is 3. The van der Waals surface area contributed by atoms with Crippen LogP contribution in [0.5, 0.6) is 0 Å². The molecule has 1 heterocycles. The predicted molar refractivity (Wildman–Crippen MR) is 132 cm³/mol. The zero-order valence-corrected chi connectivity index (χ0v) is 19.8. The number of rotatable bonds is 8. The highest BCUT2D eigenvalue weighted by Gasteiger charge is 2.22. The molecular formula is C24H32N4O3S. The first-order chi connectivity index (χ1) is 15.5. The van der Waals surface area contributed by atoms with Gasteiger partial charge in [0, 0.05) is 48.7 Å². The van der Waals surface area contributed by atoms with Crippen LogP contribution in [-0.4, -0.2) is 51.5 Å². The number of piperidine rings is 1. The summed E-state index contributed by atoms with van der Waals surface area (Å²) in [6, 6.07) is 12.8. The highest BCUT2D eigenvalue weighted by molar-refractivity contribution is 7.98. The van der Waals surface area contributed by atoms with Gasteiger partial charge in [0.15, 0.2) is 0 Å². The third-order valence-corrected chi connectivity index (χ3v) is 6.31.